The van der Waals surface area contributed by atoms with Crippen LogP contribution in [0.5, 0.6) is 0 Å². The zero-order valence-corrected chi connectivity index (χ0v) is 13.4. The summed E-state index contributed by atoms with van der Waals surface area (Å²) in [4.78, 5) is 17.0. The lowest BCUT2D eigenvalue weighted by Gasteiger charge is -2.16. The van der Waals surface area contributed by atoms with Gasteiger partial charge >= 0.3 is 0 Å². The highest BCUT2D eigenvalue weighted by atomic mass is 35.5. The van der Waals surface area contributed by atoms with Crippen LogP contribution in [0.2, 0.25) is 5.02 Å². The van der Waals surface area contributed by atoms with Gasteiger partial charge in [0.1, 0.15) is 5.52 Å². The van der Waals surface area contributed by atoms with Crippen molar-refractivity contribution in [3.8, 4) is 0 Å². The zero-order valence-electron chi connectivity index (χ0n) is 12.6. The summed E-state index contributed by atoms with van der Waals surface area (Å²) in [6.45, 7) is 1.80. The molecule has 0 unspecified atom stereocenters. The molecular weight excluding hydrogens is 312 g/mol. The van der Waals surface area contributed by atoms with Gasteiger partial charge in [-0.05, 0) is 48.7 Å². The van der Waals surface area contributed by atoms with E-state index in [4.69, 9.17) is 16.0 Å². The maximum Gasteiger partial charge on any atom is 0.235 e. The van der Waals surface area contributed by atoms with E-state index in [2.05, 4.69) is 10.3 Å². The van der Waals surface area contributed by atoms with E-state index >= 15 is 0 Å². The molecule has 1 saturated carbocycles. The van der Waals surface area contributed by atoms with Crippen molar-refractivity contribution in [2.45, 2.75) is 25.2 Å². The van der Waals surface area contributed by atoms with Gasteiger partial charge in [0, 0.05) is 17.6 Å². The number of amides is 1. The molecule has 1 heterocycles. The molecule has 1 amide bonds. The summed E-state index contributed by atoms with van der Waals surface area (Å²) < 4.78 is 5.45. The lowest BCUT2D eigenvalue weighted by molar-refractivity contribution is -0.118. The number of oxazole rings is 1. The molecular formula is C18H15ClN2O2. The molecule has 1 aromatic heterocycles. The van der Waals surface area contributed by atoms with Crippen molar-refractivity contribution in [2.24, 2.45) is 0 Å². The summed E-state index contributed by atoms with van der Waals surface area (Å²) in [5.74, 6) is 0.627. The molecule has 1 aliphatic carbocycles. The SMILES string of the molecule is Cc1nc2cc(NC(=O)C3(c4ccc(Cl)cc4)CC3)ccc2o1. The van der Waals surface area contributed by atoms with Gasteiger partial charge in [-0.25, -0.2) is 4.98 Å². The van der Waals surface area contributed by atoms with E-state index in [1.165, 1.54) is 0 Å². The van der Waals surface area contributed by atoms with Crippen LogP contribution >= 0.6 is 11.6 Å². The molecule has 1 fully saturated rings. The van der Waals surface area contributed by atoms with Crippen LogP contribution in [0.1, 0.15) is 24.3 Å². The first-order chi connectivity index (χ1) is 11.1. The Morgan fingerprint density at radius 1 is 1.22 bits per heavy atom. The third-order valence-electron chi connectivity index (χ3n) is 4.33. The van der Waals surface area contributed by atoms with E-state index in [1.54, 1.807) is 6.92 Å². The molecule has 0 saturated heterocycles. The average molecular weight is 327 g/mol. The largest absolute Gasteiger partial charge is 0.441 e. The quantitative estimate of drug-likeness (QED) is 0.773. The highest BCUT2D eigenvalue weighted by Gasteiger charge is 2.51. The number of carbonyl (C=O) groups is 1. The first-order valence-corrected chi connectivity index (χ1v) is 7.89. The fraction of sp³-hybridized carbons (Fsp3) is 0.222. The van der Waals surface area contributed by atoms with Crippen LogP contribution in [-0.4, -0.2) is 10.9 Å². The minimum atomic E-state index is -0.431. The highest BCUT2D eigenvalue weighted by Crippen LogP contribution is 2.49. The van der Waals surface area contributed by atoms with E-state index in [0.717, 1.165) is 35.2 Å². The number of aromatic nitrogens is 1. The van der Waals surface area contributed by atoms with E-state index < -0.39 is 5.41 Å². The van der Waals surface area contributed by atoms with Crippen LogP contribution < -0.4 is 5.32 Å². The molecule has 0 bridgehead atoms. The van der Waals surface area contributed by atoms with Crippen molar-refractivity contribution in [1.29, 1.82) is 0 Å². The number of hydrogen-bond donors (Lipinski definition) is 1. The lowest BCUT2D eigenvalue weighted by Crippen LogP contribution is -2.27. The average Bonchev–Trinajstić information content (AvgIpc) is 3.25. The van der Waals surface area contributed by atoms with Gasteiger partial charge in [0.15, 0.2) is 11.5 Å². The molecule has 0 radical (unpaired) electrons. The van der Waals surface area contributed by atoms with Crippen LogP contribution in [0, 0.1) is 6.92 Å². The number of benzene rings is 2. The summed E-state index contributed by atoms with van der Waals surface area (Å²) in [7, 11) is 0. The maximum absolute atomic E-state index is 12.7. The standard InChI is InChI=1S/C18H15ClN2O2/c1-11-20-15-10-14(6-7-16(15)23-11)21-17(22)18(8-9-18)12-2-4-13(19)5-3-12/h2-7,10H,8-9H2,1H3,(H,21,22). The van der Waals surface area contributed by atoms with Gasteiger partial charge < -0.3 is 9.73 Å². The van der Waals surface area contributed by atoms with Crippen molar-refractivity contribution in [3.05, 3.63) is 58.9 Å². The second kappa shape index (κ2) is 5.10. The van der Waals surface area contributed by atoms with E-state index in [-0.39, 0.29) is 5.91 Å². The second-order valence-corrected chi connectivity index (χ2v) is 6.39. The molecule has 0 atom stereocenters. The van der Waals surface area contributed by atoms with E-state index in [1.807, 2.05) is 42.5 Å². The van der Waals surface area contributed by atoms with Crippen molar-refractivity contribution in [1.82, 2.24) is 4.98 Å². The topological polar surface area (TPSA) is 55.1 Å². The van der Waals surface area contributed by atoms with E-state index in [9.17, 15) is 4.79 Å². The highest BCUT2D eigenvalue weighted by molar-refractivity contribution is 6.30. The van der Waals surface area contributed by atoms with Crippen LogP contribution in [-0.2, 0) is 10.2 Å². The summed E-state index contributed by atoms with van der Waals surface area (Å²) in [6, 6.07) is 13.0. The van der Waals surface area contributed by atoms with Crippen molar-refractivity contribution in [3.63, 3.8) is 0 Å². The minimum absolute atomic E-state index is 0.0133. The number of fused-ring (bicyclic) bond motifs is 1. The number of aryl methyl sites for hydroxylation is 1. The third kappa shape index (κ3) is 2.49. The Labute approximate surface area is 138 Å². The predicted molar refractivity (Wildman–Crippen MR) is 89.7 cm³/mol. The Morgan fingerprint density at radius 2 is 1.96 bits per heavy atom. The number of carbonyl (C=O) groups excluding carboxylic acids is 1. The first-order valence-electron chi connectivity index (χ1n) is 7.52. The lowest BCUT2D eigenvalue weighted by atomic mass is 9.95. The van der Waals surface area contributed by atoms with Gasteiger partial charge in [-0.3, -0.25) is 4.79 Å². The molecule has 4 rings (SSSR count). The monoisotopic (exact) mass is 326 g/mol. The predicted octanol–water partition coefficient (Wildman–Crippen LogP) is 4.46. The molecule has 23 heavy (non-hydrogen) atoms. The molecule has 0 spiro atoms. The maximum atomic E-state index is 12.7. The van der Waals surface area contributed by atoms with Gasteiger partial charge in [0.05, 0.1) is 5.41 Å². The fourth-order valence-electron chi connectivity index (χ4n) is 2.91. The van der Waals surface area contributed by atoms with Crippen molar-refractivity contribution < 1.29 is 9.21 Å². The Kier molecular flexibility index (Phi) is 3.16. The fourth-order valence-corrected chi connectivity index (χ4v) is 3.04. The molecule has 1 aliphatic rings. The van der Waals surface area contributed by atoms with Crippen LogP contribution in [0.3, 0.4) is 0 Å². The summed E-state index contributed by atoms with van der Waals surface area (Å²) in [5.41, 5.74) is 2.78. The summed E-state index contributed by atoms with van der Waals surface area (Å²) in [6.07, 6.45) is 1.71. The normalized spacial score (nSPS) is 15.6. The summed E-state index contributed by atoms with van der Waals surface area (Å²) >= 11 is 5.93. The zero-order chi connectivity index (χ0) is 16.0. The molecule has 5 heteroatoms. The van der Waals surface area contributed by atoms with Gasteiger partial charge in [-0.2, -0.15) is 0 Å². The number of rotatable bonds is 3. The molecule has 4 nitrogen and oxygen atoms in total. The van der Waals surface area contributed by atoms with Gasteiger partial charge in [0.25, 0.3) is 0 Å². The number of anilines is 1. The number of nitrogens with zero attached hydrogens (tertiary/aromatic N) is 1. The minimum Gasteiger partial charge on any atom is -0.441 e. The Bertz CT molecular complexity index is 895. The molecule has 3 aromatic rings. The molecule has 0 aliphatic heterocycles. The Balaban J connectivity index is 1.59. The Hall–Kier alpha value is -2.33. The number of halogens is 1. The van der Waals surface area contributed by atoms with Gasteiger partial charge in [-0.15, -0.1) is 0 Å². The van der Waals surface area contributed by atoms with Crippen molar-refractivity contribution >= 4 is 34.3 Å². The van der Waals surface area contributed by atoms with Crippen LogP contribution in [0.15, 0.2) is 46.9 Å². The third-order valence-corrected chi connectivity index (χ3v) is 4.59. The first kappa shape index (κ1) is 14.3. The van der Waals surface area contributed by atoms with E-state index in [0.29, 0.717) is 10.9 Å². The van der Waals surface area contributed by atoms with Crippen molar-refractivity contribution in [2.75, 3.05) is 5.32 Å². The summed E-state index contributed by atoms with van der Waals surface area (Å²) in [5, 5.41) is 3.68. The number of hydrogen-bond acceptors (Lipinski definition) is 3. The van der Waals surface area contributed by atoms with Gasteiger partial charge in [0.2, 0.25) is 5.91 Å². The Morgan fingerprint density at radius 3 is 2.65 bits per heavy atom. The molecule has 116 valence electrons. The molecule has 2 aromatic carbocycles. The second-order valence-electron chi connectivity index (χ2n) is 5.96. The molecule has 1 N–H and O–H groups in total. The number of nitrogens with one attached hydrogen (secondary N) is 1. The van der Waals surface area contributed by atoms with Crippen LogP contribution in [0.25, 0.3) is 11.1 Å². The smallest absolute Gasteiger partial charge is 0.235 e. The van der Waals surface area contributed by atoms with Crippen LogP contribution in [0.4, 0.5) is 5.69 Å². The van der Waals surface area contributed by atoms with Gasteiger partial charge in [-0.1, -0.05) is 23.7 Å².